The van der Waals surface area contributed by atoms with Gasteiger partial charge in [-0.1, -0.05) is 87.0 Å². The summed E-state index contributed by atoms with van der Waals surface area (Å²) in [4.78, 5) is 28.4. The molecule has 0 fully saturated rings. The lowest BCUT2D eigenvalue weighted by Gasteiger charge is -2.24. The average molecular weight is 605 g/mol. The van der Waals surface area contributed by atoms with Crippen LogP contribution in [-0.4, -0.2) is 27.0 Å². The van der Waals surface area contributed by atoms with Crippen molar-refractivity contribution in [3.63, 3.8) is 0 Å². The number of aliphatic hydroxyl groups is 1. The van der Waals surface area contributed by atoms with Gasteiger partial charge in [0, 0.05) is 15.2 Å². The zero-order chi connectivity index (χ0) is 24.5. The largest absolute Gasteiger partial charge is 0.503 e. The van der Waals surface area contributed by atoms with E-state index in [1.165, 1.54) is 39.3 Å². The lowest BCUT2D eigenvalue weighted by Crippen LogP contribution is -2.31. The number of hydrogen-bond donors (Lipinski definition) is 1. The highest BCUT2D eigenvalue weighted by Gasteiger charge is 2.46. The van der Waals surface area contributed by atoms with Gasteiger partial charge in [0.1, 0.15) is 0 Å². The number of carbonyl (C=O) groups is 2. The fraction of sp³-hybridized carbons (Fsp3) is 0.0833. The van der Waals surface area contributed by atoms with Crippen LogP contribution >= 0.6 is 62.0 Å². The molecule has 1 aliphatic heterocycles. The molecule has 0 aliphatic carbocycles. The Kier molecular flexibility index (Phi) is 7.08. The third-order valence-corrected chi connectivity index (χ3v) is 9.11. The summed E-state index contributed by atoms with van der Waals surface area (Å²) in [5.41, 5.74) is 1.65. The summed E-state index contributed by atoms with van der Waals surface area (Å²) < 4.78 is 1.42. The van der Waals surface area contributed by atoms with Crippen molar-refractivity contribution in [3.8, 4) is 0 Å². The number of hydrogen-bond acceptors (Lipinski definition) is 8. The molecule has 0 saturated carbocycles. The Hall–Kier alpha value is -2.50. The number of aliphatic hydroxyl groups excluding tert-OH is 1. The van der Waals surface area contributed by atoms with Crippen molar-refractivity contribution in [1.29, 1.82) is 0 Å². The molecule has 0 bridgehead atoms. The summed E-state index contributed by atoms with van der Waals surface area (Å²) in [6.45, 7) is 0. The SMILES string of the molecule is O=C(C1=C(O)C(=O)N(c2nnc(SCc3ccccc3Cl)s2)C1c1cccc(Br)c1)c1cccs1. The average Bonchev–Trinajstić information content (AvgIpc) is 3.59. The quantitative estimate of drug-likeness (QED) is 0.138. The highest BCUT2D eigenvalue weighted by atomic mass is 79.9. The minimum atomic E-state index is -0.844. The minimum Gasteiger partial charge on any atom is -0.503 e. The van der Waals surface area contributed by atoms with Gasteiger partial charge in [0.2, 0.25) is 10.9 Å². The number of anilines is 1. The Morgan fingerprint density at radius 2 is 1.97 bits per heavy atom. The van der Waals surface area contributed by atoms with Crippen LogP contribution in [0.4, 0.5) is 5.13 Å². The zero-order valence-corrected chi connectivity index (χ0v) is 22.5. The molecular formula is C24H15BrClN3O3S3. The number of amides is 1. The highest BCUT2D eigenvalue weighted by Crippen LogP contribution is 2.44. The lowest BCUT2D eigenvalue weighted by atomic mass is 9.96. The van der Waals surface area contributed by atoms with Gasteiger partial charge in [-0.3, -0.25) is 14.5 Å². The van der Waals surface area contributed by atoms with Crippen LogP contribution in [0.3, 0.4) is 0 Å². The van der Waals surface area contributed by atoms with Gasteiger partial charge in [-0.25, -0.2) is 0 Å². The van der Waals surface area contributed by atoms with E-state index in [1.807, 2.05) is 48.5 Å². The van der Waals surface area contributed by atoms with Gasteiger partial charge < -0.3 is 5.11 Å². The molecule has 0 spiro atoms. The highest BCUT2D eigenvalue weighted by molar-refractivity contribution is 9.10. The van der Waals surface area contributed by atoms with E-state index in [4.69, 9.17) is 11.6 Å². The van der Waals surface area contributed by atoms with Crippen molar-refractivity contribution in [1.82, 2.24) is 10.2 Å². The maximum absolute atomic E-state index is 13.4. The smallest absolute Gasteiger partial charge is 0.296 e. The zero-order valence-electron chi connectivity index (χ0n) is 17.7. The monoisotopic (exact) mass is 603 g/mol. The van der Waals surface area contributed by atoms with Crippen molar-refractivity contribution in [3.05, 3.63) is 103 Å². The van der Waals surface area contributed by atoms with Crippen LogP contribution in [0.2, 0.25) is 5.02 Å². The fourth-order valence-electron chi connectivity index (χ4n) is 3.68. The Morgan fingerprint density at radius 3 is 2.71 bits per heavy atom. The van der Waals surface area contributed by atoms with Crippen LogP contribution < -0.4 is 4.90 Å². The van der Waals surface area contributed by atoms with E-state index in [0.29, 0.717) is 30.7 Å². The Bertz CT molecular complexity index is 1450. The molecule has 35 heavy (non-hydrogen) atoms. The van der Waals surface area contributed by atoms with Gasteiger partial charge in [-0.05, 0) is 40.8 Å². The second-order valence-electron chi connectivity index (χ2n) is 7.43. The van der Waals surface area contributed by atoms with Gasteiger partial charge in [-0.15, -0.1) is 21.5 Å². The molecule has 1 amide bonds. The molecule has 3 heterocycles. The maximum Gasteiger partial charge on any atom is 0.296 e. The predicted octanol–water partition coefficient (Wildman–Crippen LogP) is 7.09. The number of rotatable bonds is 7. The molecule has 2 aromatic heterocycles. The molecule has 6 nitrogen and oxygen atoms in total. The number of nitrogens with zero attached hydrogens (tertiary/aromatic N) is 3. The van der Waals surface area contributed by atoms with Crippen LogP contribution in [0.1, 0.15) is 26.8 Å². The molecule has 5 rings (SSSR count). The molecule has 11 heteroatoms. The van der Waals surface area contributed by atoms with Crippen LogP contribution in [0.25, 0.3) is 0 Å². The number of halogens is 2. The fourth-order valence-corrected chi connectivity index (χ4v) is 6.93. The standard InChI is InChI=1S/C24H15BrClN3O3S3/c25-15-7-3-6-13(11-15)19-18(20(30)17-9-4-10-33-17)21(31)22(32)29(19)23-27-28-24(35-23)34-12-14-5-1-2-8-16(14)26/h1-11,19,31H,12H2. The van der Waals surface area contributed by atoms with Crippen molar-refractivity contribution < 1.29 is 14.7 Å². The Balaban J connectivity index is 1.50. The van der Waals surface area contributed by atoms with Gasteiger partial charge in [0.25, 0.3) is 5.91 Å². The van der Waals surface area contributed by atoms with Crippen molar-refractivity contribution in [2.45, 2.75) is 16.1 Å². The molecule has 1 atom stereocenters. The molecule has 1 aliphatic rings. The molecule has 0 saturated heterocycles. The number of carbonyl (C=O) groups excluding carboxylic acids is 2. The van der Waals surface area contributed by atoms with Crippen molar-refractivity contribution in [2.24, 2.45) is 0 Å². The lowest BCUT2D eigenvalue weighted by molar-refractivity contribution is -0.117. The molecule has 4 aromatic rings. The van der Waals surface area contributed by atoms with Crippen LogP contribution in [0.5, 0.6) is 0 Å². The third kappa shape index (κ3) is 4.81. The van der Waals surface area contributed by atoms with E-state index >= 15 is 0 Å². The van der Waals surface area contributed by atoms with Gasteiger partial charge in [0.15, 0.2) is 10.1 Å². The summed E-state index contributed by atoms with van der Waals surface area (Å²) in [6, 6.07) is 17.4. The van der Waals surface area contributed by atoms with E-state index in [0.717, 1.165) is 10.0 Å². The Labute approximate surface area is 226 Å². The molecule has 0 radical (unpaired) electrons. The van der Waals surface area contributed by atoms with E-state index in [9.17, 15) is 14.7 Å². The van der Waals surface area contributed by atoms with Gasteiger partial charge in [-0.2, -0.15) is 0 Å². The van der Waals surface area contributed by atoms with Crippen LogP contribution in [-0.2, 0) is 10.5 Å². The summed E-state index contributed by atoms with van der Waals surface area (Å²) in [7, 11) is 0. The molecule has 2 aromatic carbocycles. The van der Waals surface area contributed by atoms with Crippen molar-refractivity contribution >= 4 is 78.8 Å². The third-order valence-electron chi connectivity index (χ3n) is 5.27. The summed E-state index contributed by atoms with van der Waals surface area (Å²) in [5.74, 6) is -1.07. The van der Waals surface area contributed by atoms with Crippen LogP contribution in [0.15, 0.2) is 86.2 Å². The summed E-state index contributed by atoms with van der Waals surface area (Å²) in [6.07, 6.45) is 0. The van der Waals surface area contributed by atoms with E-state index in [-0.39, 0.29) is 5.57 Å². The second kappa shape index (κ2) is 10.2. The Morgan fingerprint density at radius 1 is 1.14 bits per heavy atom. The first-order valence-electron chi connectivity index (χ1n) is 10.2. The second-order valence-corrected chi connectivity index (χ2v) is 11.9. The first-order valence-corrected chi connectivity index (χ1v) is 14.1. The number of benzene rings is 2. The normalized spacial score (nSPS) is 15.8. The van der Waals surface area contributed by atoms with E-state index < -0.39 is 23.5 Å². The summed E-state index contributed by atoms with van der Waals surface area (Å²) >= 11 is 13.6. The number of thiophene rings is 1. The predicted molar refractivity (Wildman–Crippen MR) is 144 cm³/mol. The van der Waals surface area contributed by atoms with Crippen molar-refractivity contribution in [2.75, 3.05) is 4.90 Å². The molecule has 1 unspecified atom stereocenters. The first kappa shape index (κ1) is 24.2. The molecular weight excluding hydrogens is 590 g/mol. The number of Topliss-reactive ketones (excluding diaryl/α,β-unsaturated/α-hetero) is 1. The first-order chi connectivity index (χ1) is 16.9. The minimum absolute atomic E-state index is 0.0241. The maximum atomic E-state index is 13.4. The van der Waals surface area contributed by atoms with Gasteiger partial charge >= 0.3 is 0 Å². The number of thioether (sulfide) groups is 1. The summed E-state index contributed by atoms with van der Waals surface area (Å²) in [5, 5.41) is 22.1. The van der Waals surface area contributed by atoms with Gasteiger partial charge in [0.05, 0.1) is 16.5 Å². The topological polar surface area (TPSA) is 83.4 Å². The number of aromatic nitrogens is 2. The number of ketones is 1. The van der Waals surface area contributed by atoms with E-state index in [1.54, 1.807) is 17.5 Å². The van der Waals surface area contributed by atoms with Crippen LogP contribution in [0, 0.1) is 0 Å². The molecule has 1 N–H and O–H groups in total. The van der Waals surface area contributed by atoms with E-state index in [2.05, 4.69) is 26.1 Å². The molecule has 176 valence electrons.